The van der Waals surface area contributed by atoms with Gasteiger partial charge in [0.2, 0.25) is 11.7 Å². The van der Waals surface area contributed by atoms with Crippen molar-refractivity contribution in [3.8, 4) is 0 Å². The number of nitrogens with one attached hydrogen (secondary N) is 1. The molecule has 1 atom stereocenters. The summed E-state index contributed by atoms with van der Waals surface area (Å²) in [4.78, 5) is 23.4. The first-order valence-electron chi connectivity index (χ1n) is 14.2. The van der Waals surface area contributed by atoms with Gasteiger partial charge < -0.3 is 30.5 Å². The number of nitrogens with two attached hydrogens (primary N) is 1. The van der Waals surface area contributed by atoms with Gasteiger partial charge in [0.1, 0.15) is 5.69 Å². The number of anilines is 1. The number of aromatic nitrogens is 2. The van der Waals surface area contributed by atoms with Gasteiger partial charge in [-0.1, -0.05) is 19.8 Å². The summed E-state index contributed by atoms with van der Waals surface area (Å²) in [6, 6.07) is 0.687. The maximum atomic E-state index is 13.9. The molecule has 1 spiro atoms. The molecule has 1 aliphatic heterocycles. The highest BCUT2D eigenvalue weighted by atomic mass is 19.4. The molecule has 1 aliphatic carbocycles. The zero-order valence-corrected chi connectivity index (χ0v) is 24.1. The van der Waals surface area contributed by atoms with Crippen molar-refractivity contribution in [1.29, 1.82) is 0 Å². The highest BCUT2D eigenvalue weighted by molar-refractivity contribution is 6.08. The van der Waals surface area contributed by atoms with Crippen LogP contribution in [0.1, 0.15) is 88.8 Å². The molecule has 0 aromatic carbocycles. The number of Topliss-reactive ketones (excluding diaryl/α,β-unsaturated/α-hetero) is 1. The average Bonchev–Trinajstić information content (AvgIpc) is 3.35. The number of nitrogens with zero attached hydrogens (tertiary/aromatic N) is 3. The van der Waals surface area contributed by atoms with Crippen molar-refractivity contribution in [2.24, 2.45) is 11.7 Å². The fraction of sp³-hybridized carbons (Fsp3) is 0.750. The fourth-order valence-corrected chi connectivity index (χ4v) is 5.33. The molecule has 2 fully saturated rings. The van der Waals surface area contributed by atoms with E-state index in [9.17, 15) is 23.1 Å². The van der Waals surface area contributed by atoms with Crippen LogP contribution in [0.2, 0.25) is 0 Å². The summed E-state index contributed by atoms with van der Waals surface area (Å²) in [6.07, 6.45) is -0.325. The molecule has 0 unspecified atom stereocenters. The molecule has 3 rings (SSSR count). The van der Waals surface area contributed by atoms with E-state index in [1.807, 2.05) is 27.7 Å². The van der Waals surface area contributed by atoms with E-state index >= 15 is 0 Å². The van der Waals surface area contributed by atoms with Crippen LogP contribution in [0.3, 0.4) is 0 Å². The Labute approximate surface area is 234 Å². The first-order chi connectivity index (χ1) is 18.8. The van der Waals surface area contributed by atoms with Crippen LogP contribution in [0.15, 0.2) is 17.3 Å². The number of hydrogen-bond donors (Lipinski definition) is 3. The molecule has 2 heterocycles. The predicted octanol–water partition coefficient (Wildman–Crippen LogP) is 4.20. The molecule has 40 heavy (non-hydrogen) atoms. The molecule has 1 aromatic rings. The van der Waals surface area contributed by atoms with Gasteiger partial charge in [0.15, 0.2) is 11.5 Å². The number of halogens is 3. The zero-order chi connectivity index (χ0) is 29.6. The second-order valence-corrected chi connectivity index (χ2v) is 11.5. The van der Waals surface area contributed by atoms with Gasteiger partial charge in [0.25, 0.3) is 0 Å². The van der Waals surface area contributed by atoms with Crippen molar-refractivity contribution in [3.05, 3.63) is 28.7 Å². The maximum absolute atomic E-state index is 13.9. The summed E-state index contributed by atoms with van der Waals surface area (Å²) in [6.45, 7) is 9.37. The maximum Gasteiger partial charge on any atom is 0.433 e. The van der Waals surface area contributed by atoms with E-state index in [2.05, 4.69) is 15.3 Å². The molecule has 1 saturated heterocycles. The Morgan fingerprint density at radius 1 is 1.20 bits per heavy atom. The summed E-state index contributed by atoms with van der Waals surface area (Å²) in [5.41, 5.74) is 5.44. The van der Waals surface area contributed by atoms with Gasteiger partial charge in [-0.05, 0) is 59.1 Å². The molecule has 9 nitrogen and oxygen atoms in total. The molecule has 1 aromatic heterocycles. The lowest BCUT2D eigenvalue weighted by Crippen LogP contribution is -2.45. The van der Waals surface area contributed by atoms with Crippen molar-refractivity contribution in [1.82, 2.24) is 15.3 Å². The molecule has 4 N–H and O–H groups in total. The lowest BCUT2D eigenvalue weighted by molar-refractivity contribution is -0.203. The summed E-state index contributed by atoms with van der Waals surface area (Å²) >= 11 is 0. The van der Waals surface area contributed by atoms with Crippen molar-refractivity contribution in [2.45, 2.75) is 90.1 Å². The van der Waals surface area contributed by atoms with E-state index in [0.29, 0.717) is 57.2 Å². The number of ether oxygens (including phenoxy) is 2. The number of hydrogen-bond acceptors (Lipinski definition) is 9. The SMILES string of the molecule is CCC/C(C(=O)c1cc(C(F)(F)F)nc(N(CCO)CCCNC(C)(C)C)n1)=C(/N)[C@H]1CCCCC12OCCO2. The van der Waals surface area contributed by atoms with Crippen LogP contribution < -0.4 is 16.0 Å². The van der Waals surface area contributed by atoms with E-state index in [0.717, 1.165) is 12.8 Å². The molecular weight excluding hydrogens is 527 g/mol. The van der Waals surface area contributed by atoms with E-state index in [1.54, 1.807) is 0 Å². The van der Waals surface area contributed by atoms with Crippen LogP contribution >= 0.6 is 0 Å². The smallest absolute Gasteiger partial charge is 0.401 e. The number of aliphatic hydroxyl groups is 1. The minimum atomic E-state index is -4.80. The van der Waals surface area contributed by atoms with Gasteiger partial charge in [0, 0.05) is 36.3 Å². The van der Waals surface area contributed by atoms with Gasteiger partial charge in [-0.2, -0.15) is 13.2 Å². The van der Waals surface area contributed by atoms with E-state index in [4.69, 9.17) is 15.2 Å². The minimum absolute atomic E-state index is 0.0174. The van der Waals surface area contributed by atoms with E-state index < -0.39 is 23.4 Å². The Bertz CT molecular complexity index is 1040. The van der Waals surface area contributed by atoms with Gasteiger partial charge in [-0.25, -0.2) is 9.97 Å². The predicted molar refractivity (Wildman–Crippen MR) is 146 cm³/mol. The molecule has 0 amide bonds. The van der Waals surface area contributed by atoms with Crippen molar-refractivity contribution in [2.75, 3.05) is 44.4 Å². The summed E-state index contributed by atoms with van der Waals surface area (Å²) in [5, 5.41) is 12.9. The Balaban J connectivity index is 2.00. The highest BCUT2D eigenvalue weighted by Gasteiger charge is 2.48. The molecule has 1 saturated carbocycles. The Morgan fingerprint density at radius 2 is 1.90 bits per heavy atom. The van der Waals surface area contributed by atoms with E-state index in [1.165, 1.54) is 4.90 Å². The molecule has 226 valence electrons. The van der Waals surface area contributed by atoms with Crippen LogP contribution in [-0.2, 0) is 15.7 Å². The normalized spacial score (nSPS) is 20.1. The van der Waals surface area contributed by atoms with Gasteiger partial charge >= 0.3 is 6.18 Å². The first-order valence-corrected chi connectivity index (χ1v) is 14.2. The monoisotopic (exact) mass is 571 g/mol. The lowest BCUT2D eigenvalue weighted by atomic mass is 9.78. The number of aliphatic hydroxyl groups excluding tert-OH is 1. The third kappa shape index (κ3) is 8.14. The summed E-state index contributed by atoms with van der Waals surface area (Å²) in [5.74, 6) is -2.20. The number of carbonyl (C=O) groups excluding carboxylic acids is 1. The average molecular weight is 572 g/mol. The third-order valence-electron chi connectivity index (χ3n) is 7.22. The third-order valence-corrected chi connectivity index (χ3v) is 7.22. The van der Waals surface area contributed by atoms with Crippen molar-refractivity contribution < 1.29 is 32.5 Å². The van der Waals surface area contributed by atoms with Gasteiger partial charge in [-0.3, -0.25) is 4.79 Å². The minimum Gasteiger partial charge on any atom is -0.401 e. The van der Waals surface area contributed by atoms with Gasteiger partial charge in [-0.15, -0.1) is 0 Å². The number of rotatable bonds is 12. The lowest BCUT2D eigenvalue weighted by Gasteiger charge is -2.40. The van der Waals surface area contributed by atoms with Gasteiger partial charge in [0.05, 0.1) is 25.7 Å². The summed E-state index contributed by atoms with van der Waals surface area (Å²) in [7, 11) is 0. The van der Waals surface area contributed by atoms with Crippen LogP contribution in [0.25, 0.3) is 0 Å². The van der Waals surface area contributed by atoms with Crippen molar-refractivity contribution >= 4 is 11.7 Å². The molecule has 12 heteroatoms. The Hall–Kier alpha value is -2.28. The topological polar surface area (TPSA) is 123 Å². The van der Waals surface area contributed by atoms with Crippen molar-refractivity contribution in [3.63, 3.8) is 0 Å². The number of alkyl halides is 3. The highest BCUT2D eigenvalue weighted by Crippen LogP contribution is 2.44. The number of allylic oxidation sites excluding steroid dienone is 1. The van der Waals surface area contributed by atoms with Crippen LogP contribution in [0, 0.1) is 5.92 Å². The summed E-state index contributed by atoms with van der Waals surface area (Å²) < 4.78 is 53.8. The fourth-order valence-electron chi connectivity index (χ4n) is 5.33. The molecule has 2 aliphatic rings. The second-order valence-electron chi connectivity index (χ2n) is 11.5. The largest absolute Gasteiger partial charge is 0.433 e. The number of ketones is 1. The standard InChI is InChI=1S/C28H44F3N5O4/c1-5-9-19(23(32)20-10-6-7-11-27(20)39-16-17-40-27)24(38)21-18-22(28(29,30)31)35-25(34-21)36(14-15-37)13-8-12-33-26(2,3)4/h18,20,33,37H,5-17,32H2,1-4H3/b23-19-/t20-/m1/s1. The Kier molecular flexibility index (Phi) is 11.0. The first kappa shape index (κ1) is 32.2. The van der Waals surface area contributed by atoms with E-state index in [-0.39, 0.29) is 54.8 Å². The van der Waals surface area contributed by atoms with Crippen LogP contribution in [0.4, 0.5) is 19.1 Å². The molecular formula is C28H44F3N5O4. The number of carbonyl (C=O) groups is 1. The quantitative estimate of drug-likeness (QED) is 0.192. The Morgan fingerprint density at radius 3 is 2.50 bits per heavy atom. The van der Waals surface area contributed by atoms with Crippen LogP contribution in [-0.4, -0.2) is 71.6 Å². The zero-order valence-electron chi connectivity index (χ0n) is 24.1. The van der Waals surface area contributed by atoms with Crippen LogP contribution in [0.5, 0.6) is 0 Å². The molecule has 0 radical (unpaired) electrons. The molecule has 0 bridgehead atoms. The second kappa shape index (κ2) is 13.6.